The highest BCUT2D eigenvalue weighted by Gasteiger charge is 2.32. The Hall–Kier alpha value is -4.47. The molecule has 49 heavy (non-hydrogen) atoms. The van der Waals surface area contributed by atoms with Gasteiger partial charge < -0.3 is 35.2 Å². The van der Waals surface area contributed by atoms with E-state index in [0.717, 1.165) is 34.7 Å². The Morgan fingerprint density at radius 3 is 2.53 bits per heavy atom. The summed E-state index contributed by atoms with van der Waals surface area (Å²) in [4.78, 5) is 47.7. The number of carbonyl (C=O) groups excluding carboxylic acids is 3. The first-order chi connectivity index (χ1) is 23.3. The Labute approximate surface area is 287 Å². The van der Waals surface area contributed by atoms with Crippen LogP contribution in [0.1, 0.15) is 80.0 Å². The fourth-order valence-corrected chi connectivity index (χ4v) is 7.32. The van der Waals surface area contributed by atoms with Gasteiger partial charge in [0.25, 0.3) is 12.3 Å². The maximum Gasteiger partial charge on any atom is 0.410 e. The normalized spacial score (nSPS) is 19.0. The zero-order valence-corrected chi connectivity index (χ0v) is 28.9. The molecule has 0 spiro atoms. The minimum absolute atomic E-state index is 0.0142. The van der Waals surface area contributed by atoms with Crippen LogP contribution in [0.25, 0.3) is 11.1 Å². The number of piperidine rings is 2. The van der Waals surface area contributed by atoms with Crippen molar-refractivity contribution in [1.29, 1.82) is 0 Å². The third-order valence-electron chi connectivity index (χ3n) is 8.88. The van der Waals surface area contributed by atoms with E-state index < -0.39 is 24.0 Å². The van der Waals surface area contributed by atoms with E-state index in [2.05, 4.69) is 20.3 Å². The third kappa shape index (κ3) is 7.58. The number of nitrogens with zero attached hydrogens (tertiary/aromatic N) is 6. The molecule has 16 heteroatoms. The van der Waals surface area contributed by atoms with Gasteiger partial charge in [-0.25, -0.2) is 23.1 Å². The number of alkyl halides is 2. The van der Waals surface area contributed by atoms with Crippen LogP contribution >= 0.6 is 11.3 Å². The van der Waals surface area contributed by atoms with Crippen LogP contribution < -0.4 is 20.7 Å². The van der Waals surface area contributed by atoms with Crippen molar-refractivity contribution in [2.24, 2.45) is 0 Å². The molecule has 6 rings (SSSR count). The van der Waals surface area contributed by atoms with Gasteiger partial charge in [0.1, 0.15) is 34.2 Å². The number of halogens is 2. The summed E-state index contributed by atoms with van der Waals surface area (Å²) in [5, 5.41) is 7.53. The van der Waals surface area contributed by atoms with Gasteiger partial charge in [0.2, 0.25) is 5.91 Å². The molecule has 3 aliphatic rings. The van der Waals surface area contributed by atoms with Crippen molar-refractivity contribution in [2.45, 2.75) is 77.6 Å². The number of likely N-dealkylation sites (tertiary alicyclic amines) is 1. The summed E-state index contributed by atoms with van der Waals surface area (Å²) in [6.07, 6.45) is 2.29. The quantitative estimate of drug-likeness (QED) is 0.357. The number of hydrogen-bond acceptors (Lipinski definition) is 10. The minimum Gasteiger partial charge on any atom is -0.489 e. The molecule has 1 atom stereocenters. The van der Waals surface area contributed by atoms with Gasteiger partial charge in [-0.1, -0.05) is 6.08 Å². The zero-order chi connectivity index (χ0) is 35.0. The van der Waals surface area contributed by atoms with Gasteiger partial charge in [-0.3, -0.25) is 9.59 Å². The first-order valence-corrected chi connectivity index (χ1v) is 17.3. The lowest BCUT2D eigenvalue weighted by Gasteiger charge is -2.34. The first-order valence-electron chi connectivity index (χ1n) is 16.5. The van der Waals surface area contributed by atoms with E-state index >= 15 is 0 Å². The van der Waals surface area contributed by atoms with Crippen molar-refractivity contribution in [3.63, 3.8) is 0 Å². The molecule has 0 aliphatic carbocycles. The highest BCUT2D eigenvalue weighted by atomic mass is 32.1. The van der Waals surface area contributed by atoms with Gasteiger partial charge in [-0.05, 0) is 45.3 Å². The van der Waals surface area contributed by atoms with Crippen molar-refractivity contribution in [1.82, 2.24) is 29.7 Å². The van der Waals surface area contributed by atoms with E-state index in [9.17, 15) is 23.2 Å². The average Bonchev–Trinajstić information content (AvgIpc) is 3.79. The number of nitrogen functional groups attached to an aromatic ring is 1. The summed E-state index contributed by atoms with van der Waals surface area (Å²) >= 11 is 0.729. The van der Waals surface area contributed by atoms with Crippen LogP contribution in [0.15, 0.2) is 24.5 Å². The van der Waals surface area contributed by atoms with Crippen LogP contribution in [0.2, 0.25) is 0 Å². The van der Waals surface area contributed by atoms with Crippen molar-refractivity contribution in [3.8, 4) is 5.75 Å². The van der Waals surface area contributed by atoms with Gasteiger partial charge in [0.05, 0.1) is 16.3 Å². The Kier molecular flexibility index (Phi) is 9.69. The predicted molar refractivity (Wildman–Crippen MR) is 181 cm³/mol. The van der Waals surface area contributed by atoms with Gasteiger partial charge in [0.15, 0.2) is 5.82 Å². The Morgan fingerprint density at radius 2 is 1.86 bits per heavy atom. The number of fused-ring (bicyclic) bond motifs is 1. The minimum atomic E-state index is -2.75. The number of ether oxygens (including phenoxy) is 2. The van der Waals surface area contributed by atoms with Crippen LogP contribution in [0.3, 0.4) is 0 Å². The molecule has 3 aromatic rings. The number of thiophene rings is 1. The van der Waals surface area contributed by atoms with Crippen LogP contribution in [0, 0.1) is 0 Å². The molecule has 3 aromatic heterocycles. The maximum atomic E-state index is 13.8. The second kappa shape index (κ2) is 13.8. The molecule has 0 radical (unpaired) electrons. The molecule has 2 saturated heterocycles. The maximum absolute atomic E-state index is 13.8. The lowest BCUT2D eigenvalue weighted by Crippen LogP contribution is -2.47. The van der Waals surface area contributed by atoms with Crippen LogP contribution in [-0.2, 0) is 9.53 Å². The summed E-state index contributed by atoms with van der Waals surface area (Å²) in [7, 11) is 0. The number of carbonyl (C=O) groups is 3. The molecular formula is C33H42F2N8O5S. The summed E-state index contributed by atoms with van der Waals surface area (Å²) in [5.74, 6) is -0.0600. The van der Waals surface area contributed by atoms with Crippen molar-refractivity contribution in [3.05, 3.63) is 40.0 Å². The molecule has 0 bridgehead atoms. The van der Waals surface area contributed by atoms with E-state index in [0.29, 0.717) is 69.9 Å². The molecule has 0 aromatic carbocycles. The Balaban J connectivity index is 1.15. The molecule has 0 unspecified atom stereocenters. The number of hydrogen-bond donors (Lipinski definition) is 2. The number of anilines is 2. The smallest absolute Gasteiger partial charge is 0.410 e. The number of rotatable bonds is 7. The topological polar surface area (TPSA) is 148 Å². The molecule has 6 heterocycles. The number of amides is 3. The zero-order valence-electron chi connectivity index (χ0n) is 28.1. The SMILES string of the molecule is CC(=O)N1CC=C(c2cc(N3CCC[C@@H](NC(=O)c4sc(C(F)F)cc4OC4CCN(C(=O)OC(C)(C)C)CC4)C3)c3c(N)ncnn23)C1. The molecule has 264 valence electrons. The number of nitrogens with one attached hydrogen (secondary N) is 1. The van der Waals surface area contributed by atoms with Crippen LogP contribution in [0.4, 0.5) is 25.1 Å². The molecule has 3 aliphatic heterocycles. The standard InChI is InChI=1S/C33H42F2N8O5S/c1-19(44)41-11-7-20(16-41)23-14-24(27-30(36)37-18-38-43(23)27)42-10-5-6-21(17-42)39-31(45)28-25(15-26(49-28)29(34)35)47-22-8-12-40(13-9-22)32(46)48-33(2,3)4/h7,14-15,18,21-22,29H,5-6,8-13,16-17H2,1-4H3,(H,39,45)(H2,36,37,38)/t21-/m1/s1. The third-order valence-corrected chi connectivity index (χ3v) is 10.0. The van der Waals surface area contributed by atoms with E-state index in [1.807, 2.05) is 12.1 Å². The highest BCUT2D eigenvalue weighted by molar-refractivity contribution is 7.14. The predicted octanol–water partition coefficient (Wildman–Crippen LogP) is 4.73. The molecule has 0 saturated carbocycles. The van der Waals surface area contributed by atoms with Gasteiger partial charge in [-0.15, -0.1) is 11.3 Å². The molecule has 13 nitrogen and oxygen atoms in total. The molecule has 3 N–H and O–H groups in total. The van der Waals surface area contributed by atoms with E-state index in [1.54, 1.807) is 35.1 Å². The second-order valence-electron chi connectivity index (χ2n) is 13.6. The number of nitrogens with two attached hydrogens (primary N) is 1. The highest BCUT2D eigenvalue weighted by Crippen LogP contribution is 2.38. The summed E-state index contributed by atoms with van der Waals surface area (Å²) < 4.78 is 41.0. The molecular weight excluding hydrogens is 658 g/mol. The van der Waals surface area contributed by atoms with Gasteiger partial charge >= 0.3 is 6.09 Å². The summed E-state index contributed by atoms with van der Waals surface area (Å²) in [6, 6.07) is 2.96. The van der Waals surface area contributed by atoms with Crippen molar-refractivity contribution in [2.75, 3.05) is 49.9 Å². The van der Waals surface area contributed by atoms with Gasteiger partial charge in [0, 0.05) is 71.1 Å². The lowest BCUT2D eigenvalue weighted by atomic mass is 10.0. The fraction of sp³-hybridized carbons (Fsp3) is 0.545. The van der Waals surface area contributed by atoms with Crippen LogP contribution in [-0.4, -0.2) is 99.3 Å². The molecule has 2 fully saturated rings. The van der Waals surface area contributed by atoms with Crippen molar-refractivity contribution < 1.29 is 32.6 Å². The Morgan fingerprint density at radius 1 is 1.10 bits per heavy atom. The first kappa shape index (κ1) is 34.4. The monoisotopic (exact) mass is 700 g/mol. The van der Waals surface area contributed by atoms with Gasteiger partial charge in [-0.2, -0.15) is 5.10 Å². The van der Waals surface area contributed by atoms with E-state index in [1.165, 1.54) is 19.3 Å². The largest absolute Gasteiger partial charge is 0.489 e. The average molecular weight is 701 g/mol. The van der Waals surface area contributed by atoms with Crippen molar-refractivity contribution >= 4 is 51.8 Å². The number of aromatic nitrogens is 3. The summed E-state index contributed by atoms with van der Waals surface area (Å²) in [6.45, 7) is 9.85. The fourth-order valence-electron chi connectivity index (χ4n) is 6.47. The Bertz CT molecular complexity index is 1760. The lowest BCUT2D eigenvalue weighted by molar-refractivity contribution is -0.127. The molecule has 3 amide bonds. The summed E-state index contributed by atoms with van der Waals surface area (Å²) in [5.41, 5.74) is 8.96. The van der Waals surface area contributed by atoms with E-state index in [-0.39, 0.29) is 33.6 Å². The van der Waals surface area contributed by atoms with Crippen LogP contribution in [0.5, 0.6) is 5.75 Å². The van der Waals surface area contributed by atoms with E-state index in [4.69, 9.17) is 15.2 Å². The second-order valence-corrected chi connectivity index (χ2v) is 14.7.